The average Bonchev–Trinajstić information content (AvgIpc) is 2.80. The molecule has 0 aromatic carbocycles. The van der Waals surface area contributed by atoms with Crippen molar-refractivity contribution >= 4 is 11.3 Å². The molecule has 0 amide bonds. The summed E-state index contributed by atoms with van der Waals surface area (Å²) in [5.74, 6) is 0. The SMILES string of the molecule is CC(c1ccsc1)N1C2CCCC1CC(N)C2. The van der Waals surface area contributed by atoms with Crippen LogP contribution < -0.4 is 5.73 Å². The number of hydrogen-bond acceptors (Lipinski definition) is 3. The summed E-state index contributed by atoms with van der Waals surface area (Å²) in [6.45, 7) is 2.37. The van der Waals surface area contributed by atoms with E-state index in [1.165, 1.54) is 37.7 Å². The normalized spacial score (nSPS) is 35.8. The van der Waals surface area contributed by atoms with E-state index in [-0.39, 0.29) is 0 Å². The molecule has 0 spiro atoms. The minimum atomic E-state index is 0.441. The summed E-state index contributed by atoms with van der Waals surface area (Å²) in [5, 5.41) is 4.49. The van der Waals surface area contributed by atoms with E-state index in [2.05, 4.69) is 28.7 Å². The van der Waals surface area contributed by atoms with Crippen molar-refractivity contribution in [3.63, 3.8) is 0 Å². The standard InChI is InChI=1S/C14H22N2S/c1-10(11-5-6-17-9-11)16-13-3-2-4-14(16)8-12(15)7-13/h5-6,9-10,12-14H,2-4,7-8,15H2,1H3. The summed E-state index contributed by atoms with van der Waals surface area (Å²) >= 11 is 1.81. The van der Waals surface area contributed by atoms with Crippen LogP contribution in [-0.2, 0) is 0 Å². The number of fused-ring (bicyclic) bond motifs is 2. The number of hydrogen-bond donors (Lipinski definition) is 1. The lowest BCUT2D eigenvalue weighted by molar-refractivity contribution is -0.000386. The van der Waals surface area contributed by atoms with Crippen LogP contribution in [0.3, 0.4) is 0 Å². The van der Waals surface area contributed by atoms with Gasteiger partial charge in [0.25, 0.3) is 0 Å². The van der Waals surface area contributed by atoms with Crippen LogP contribution in [0.5, 0.6) is 0 Å². The molecule has 17 heavy (non-hydrogen) atoms. The molecule has 2 saturated heterocycles. The van der Waals surface area contributed by atoms with Crippen molar-refractivity contribution in [2.75, 3.05) is 0 Å². The van der Waals surface area contributed by atoms with Crippen molar-refractivity contribution in [3.8, 4) is 0 Å². The van der Waals surface area contributed by atoms with Gasteiger partial charge in [0, 0.05) is 24.2 Å². The minimum absolute atomic E-state index is 0.441. The van der Waals surface area contributed by atoms with Gasteiger partial charge in [-0.3, -0.25) is 4.90 Å². The van der Waals surface area contributed by atoms with Gasteiger partial charge in [0.15, 0.2) is 0 Å². The van der Waals surface area contributed by atoms with Gasteiger partial charge in [-0.15, -0.1) is 0 Å². The summed E-state index contributed by atoms with van der Waals surface area (Å²) in [4.78, 5) is 2.76. The zero-order chi connectivity index (χ0) is 11.8. The lowest BCUT2D eigenvalue weighted by Gasteiger charge is -2.51. The van der Waals surface area contributed by atoms with Gasteiger partial charge in [0.2, 0.25) is 0 Å². The highest BCUT2D eigenvalue weighted by Gasteiger charge is 2.39. The van der Waals surface area contributed by atoms with Crippen molar-refractivity contribution in [1.29, 1.82) is 0 Å². The number of thiophene rings is 1. The monoisotopic (exact) mass is 250 g/mol. The molecule has 2 fully saturated rings. The van der Waals surface area contributed by atoms with Crippen molar-refractivity contribution in [2.24, 2.45) is 5.73 Å². The molecule has 2 aliphatic heterocycles. The van der Waals surface area contributed by atoms with Gasteiger partial charge in [0.1, 0.15) is 0 Å². The fourth-order valence-electron chi connectivity index (χ4n) is 3.78. The van der Waals surface area contributed by atoms with Gasteiger partial charge >= 0.3 is 0 Å². The molecule has 2 N–H and O–H groups in total. The highest BCUT2D eigenvalue weighted by molar-refractivity contribution is 7.07. The molecule has 1 aromatic heterocycles. The molecular formula is C14H22N2S. The molecule has 3 heteroatoms. The number of nitrogens with two attached hydrogens (primary N) is 1. The average molecular weight is 250 g/mol. The Morgan fingerprint density at radius 2 is 2.06 bits per heavy atom. The van der Waals surface area contributed by atoms with E-state index in [1.807, 2.05) is 11.3 Å². The second kappa shape index (κ2) is 4.71. The second-order valence-corrected chi connectivity index (χ2v) is 6.43. The Kier molecular flexibility index (Phi) is 3.24. The maximum Gasteiger partial charge on any atom is 0.0334 e. The number of nitrogens with zero attached hydrogens (tertiary/aromatic N) is 1. The van der Waals surface area contributed by atoms with Gasteiger partial charge in [-0.1, -0.05) is 6.42 Å². The number of rotatable bonds is 2. The Morgan fingerprint density at radius 3 is 2.65 bits per heavy atom. The number of piperidine rings is 2. The lowest BCUT2D eigenvalue weighted by atomic mass is 9.80. The van der Waals surface area contributed by atoms with E-state index >= 15 is 0 Å². The Labute approximate surface area is 108 Å². The highest BCUT2D eigenvalue weighted by atomic mass is 32.1. The van der Waals surface area contributed by atoms with E-state index in [9.17, 15) is 0 Å². The van der Waals surface area contributed by atoms with Crippen LogP contribution in [0.2, 0.25) is 0 Å². The van der Waals surface area contributed by atoms with Crippen LogP contribution >= 0.6 is 11.3 Å². The molecule has 3 heterocycles. The van der Waals surface area contributed by atoms with Crippen molar-refractivity contribution in [3.05, 3.63) is 22.4 Å². The van der Waals surface area contributed by atoms with Gasteiger partial charge in [-0.05, 0) is 55.0 Å². The highest BCUT2D eigenvalue weighted by Crippen LogP contribution is 2.39. The molecule has 0 saturated carbocycles. The summed E-state index contributed by atoms with van der Waals surface area (Å²) in [6.07, 6.45) is 6.49. The topological polar surface area (TPSA) is 29.3 Å². The van der Waals surface area contributed by atoms with Gasteiger partial charge in [-0.2, -0.15) is 11.3 Å². The van der Waals surface area contributed by atoms with E-state index in [4.69, 9.17) is 5.73 Å². The van der Waals surface area contributed by atoms with Crippen LogP contribution in [0.25, 0.3) is 0 Å². The summed E-state index contributed by atoms with van der Waals surface area (Å²) in [5.41, 5.74) is 7.67. The molecule has 94 valence electrons. The van der Waals surface area contributed by atoms with Gasteiger partial charge < -0.3 is 5.73 Å². The van der Waals surface area contributed by atoms with E-state index in [0.717, 1.165) is 12.1 Å². The first kappa shape index (κ1) is 11.7. The van der Waals surface area contributed by atoms with Crippen LogP contribution in [-0.4, -0.2) is 23.0 Å². The first-order chi connectivity index (χ1) is 8.25. The molecule has 0 radical (unpaired) electrons. The van der Waals surface area contributed by atoms with Crippen LogP contribution in [0.1, 0.15) is 50.6 Å². The Morgan fingerprint density at radius 1 is 1.35 bits per heavy atom. The molecule has 2 aliphatic rings. The predicted molar refractivity (Wildman–Crippen MR) is 73.2 cm³/mol. The maximum atomic E-state index is 6.18. The largest absolute Gasteiger partial charge is 0.328 e. The molecule has 2 nitrogen and oxygen atoms in total. The zero-order valence-electron chi connectivity index (χ0n) is 10.5. The molecular weight excluding hydrogens is 228 g/mol. The third-order valence-electron chi connectivity index (χ3n) is 4.54. The van der Waals surface area contributed by atoms with Crippen molar-refractivity contribution < 1.29 is 0 Å². The Bertz CT molecular complexity index is 348. The first-order valence-electron chi connectivity index (χ1n) is 6.81. The molecule has 0 aliphatic carbocycles. The fraction of sp³-hybridized carbons (Fsp3) is 0.714. The lowest BCUT2D eigenvalue weighted by Crippen LogP contribution is -2.55. The third-order valence-corrected chi connectivity index (χ3v) is 5.24. The van der Waals surface area contributed by atoms with E-state index in [1.54, 1.807) is 0 Å². The van der Waals surface area contributed by atoms with Gasteiger partial charge in [0.05, 0.1) is 0 Å². The summed E-state index contributed by atoms with van der Waals surface area (Å²) in [7, 11) is 0. The maximum absolute atomic E-state index is 6.18. The summed E-state index contributed by atoms with van der Waals surface area (Å²) < 4.78 is 0. The quantitative estimate of drug-likeness (QED) is 0.873. The van der Waals surface area contributed by atoms with Crippen LogP contribution in [0.4, 0.5) is 0 Å². The van der Waals surface area contributed by atoms with E-state index < -0.39 is 0 Å². The molecule has 1 aromatic rings. The molecule has 3 rings (SSSR count). The van der Waals surface area contributed by atoms with Crippen LogP contribution in [0.15, 0.2) is 16.8 Å². The third kappa shape index (κ3) is 2.16. The van der Waals surface area contributed by atoms with Crippen LogP contribution in [0, 0.1) is 0 Å². The smallest absolute Gasteiger partial charge is 0.0334 e. The molecule has 2 bridgehead atoms. The first-order valence-corrected chi connectivity index (χ1v) is 7.75. The predicted octanol–water partition coefficient (Wildman–Crippen LogP) is 3.15. The second-order valence-electron chi connectivity index (χ2n) is 5.65. The molecule has 3 unspecified atom stereocenters. The molecule has 3 atom stereocenters. The Balaban J connectivity index is 1.82. The van der Waals surface area contributed by atoms with Gasteiger partial charge in [-0.25, -0.2) is 0 Å². The zero-order valence-corrected chi connectivity index (χ0v) is 11.3. The fourth-order valence-corrected chi connectivity index (χ4v) is 4.52. The Hall–Kier alpha value is -0.380. The van der Waals surface area contributed by atoms with E-state index in [0.29, 0.717) is 12.1 Å². The van der Waals surface area contributed by atoms with Crippen molar-refractivity contribution in [2.45, 2.75) is 63.2 Å². The minimum Gasteiger partial charge on any atom is -0.328 e. The summed E-state index contributed by atoms with van der Waals surface area (Å²) in [6, 6.07) is 4.75. The van der Waals surface area contributed by atoms with Crippen molar-refractivity contribution in [1.82, 2.24) is 4.90 Å².